The molecule has 4 aliphatic rings. The molecule has 4 saturated heterocycles. The predicted molar refractivity (Wildman–Crippen MR) is 146 cm³/mol. The van der Waals surface area contributed by atoms with Crippen LogP contribution in [0.5, 0.6) is 11.5 Å². The number of esters is 1. The van der Waals surface area contributed by atoms with E-state index in [-0.39, 0.29) is 46.2 Å². The number of phenols is 1. The highest BCUT2D eigenvalue weighted by Crippen LogP contribution is 2.48. The molecule has 4 aliphatic heterocycles. The van der Waals surface area contributed by atoms with Gasteiger partial charge < -0.3 is 64.1 Å². The van der Waals surface area contributed by atoms with Crippen LogP contribution in [-0.4, -0.2) is 107 Å². The number of benzene rings is 1. The Morgan fingerprint density at radius 3 is 2.30 bits per heavy atom. The Bertz CT molecular complexity index is 1210. The van der Waals surface area contributed by atoms with Crippen LogP contribution in [-0.2, 0) is 33.2 Å². The molecule has 1 spiro atoms. The number of rotatable bonds is 5. The van der Waals surface area contributed by atoms with Gasteiger partial charge in [-0.3, -0.25) is 0 Å². The number of aliphatic hydroxyl groups is 3. The molecule has 43 heavy (non-hydrogen) atoms. The van der Waals surface area contributed by atoms with Crippen molar-refractivity contribution in [3.8, 4) is 11.5 Å². The molecule has 4 heterocycles. The maximum atomic E-state index is 13.2. The molecular formula is C27H37Cl2NO13. The van der Waals surface area contributed by atoms with Gasteiger partial charge in [-0.25, -0.2) is 4.79 Å². The monoisotopic (exact) mass is 653 g/mol. The van der Waals surface area contributed by atoms with Gasteiger partial charge in [0.1, 0.15) is 22.8 Å². The average Bonchev–Trinajstić information content (AvgIpc) is 3.19. The van der Waals surface area contributed by atoms with Gasteiger partial charge in [-0.15, -0.1) is 0 Å². The maximum absolute atomic E-state index is 13.2. The number of ether oxygens (including phenoxy) is 8. The quantitative estimate of drug-likeness (QED) is 0.286. The van der Waals surface area contributed by atoms with Crippen LogP contribution in [0.15, 0.2) is 0 Å². The van der Waals surface area contributed by atoms with Gasteiger partial charge in [0.25, 0.3) is 5.97 Å². The predicted octanol–water partition coefficient (Wildman–Crippen LogP) is 1.44. The molecule has 0 radical (unpaired) electrons. The molecule has 0 amide bonds. The zero-order valence-electron chi connectivity index (χ0n) is 24.2. The summed E-state index contributed by atoms with van der Waals surface area (Å²) in [5.74, 6) is -3.14. The number of halogens is 2. The largest absolute Gasteiger partial charge is 0.505 e. The lowest BCUT2D eigenvalue weighted by Crippen LogP contribution is -2.61. The minimum atomic E-state index is -1.68. The van der Waals surface area contributed by atoms with Crippen LogP contribution in [0.2, 0.25) is 10.0 Å². The van der Waals surface area contributed by atoms with Gasteiger partial charge in [-0.05, 0) is 33.3 Å². The van der Waals surface area contributed by atoms with Gasteiger partial charge in [-0.1, -0.05) is 23.2 Å². The number of methoxy groups -OCH3 is 1. The Morgan fingerprint density at radius 1 is 0.977 bits per heavy atom. The summed E-state index contributed by atoms with van der Waals surface area (Å²) in [5.41, 5.74) is 5.08. The number of hydrogen-bond donors (Lipinski definition) is 5. The van der Waals surface area contributed by atoms with E-state index in [0.29, 0.717) is 0 Å². The van der Waals surface area contributed by atoms with E-state index in [0.717, 1.165) is 0 Å². The second kappa shape index (κ2) is 12.0. The van der Waals surface area contributed by atoms with Crippen LogP contribution in [0.1, 0.15) is 56.0 Å². The molecule has 5 rings (SSSR count). The Kier molecular flexibility index (Phi) is 9.17. The molecule has 6 N–H and O–H groups in total. The van der Waals surface area contributed by atoms with Crippen molar-refractivity contribution in [2.45, 2.75) is 120 Å². The second-order valence-corrected chi connectivity index (χ2v) is 12.2. The highest BCUT2D eigenvalue weighted by molar-refractivity contribution is 6.39. The van der Waals surface area contributed by atoms with Crippen LogP contribution in [0, 0.1) is 6.92 Å². The summed E-state index contributed by atoms with van der Waals surface area (Å²) < 4.78 is 46.2. The minimum absolute atomic E-state index is 0.0475. The van der Waals surface area contributed by atoms with Gasteiger partial charge in [0, 0.05) is 12.8 Å². The summed E-state index contributed by atoms with van der Waals surface area (Å²) in [5, 5.41) is 41.7. The first-order valence-electron chi connectivity index (χ1n) is 13.9. The summed E-state index contributed by atoms with van der Waals surface area (Å²) >= 11 is 12.2. The standard InChI is InChI=1S/C27H37Cl2NO13/c1-9-17(23(36-5)19(29)20(34)18(9)28)25(35)40-21-10(2)38-16(6-13(21)31)39-22-11(3)41-27(7-14(22)32)42-24-12(4)37-15(33)8-26(24,30)43-27/h10-16,21-22,24,31-34H,6-8,30H2,1-5H3/t10-,11-,12-,13-,14-,15-,16+,21-,22-,24-,26-,27-/m1/s1. The van der Waals surface area contributed by atoms with E-state index in [1.54, 1.807) is 20.8 Å². The normalized spacial score (nSPS) is 43.0. The molecule has 0 bridgehead atoms. The summed E-state index contributed by atoms with van der Waals surface area (Å²) in [7, 11) is 1.27. The first kappa shape index (κ1) is 32.9. The number of nitrogens with two attached hydrogens (primary N) is 1. The number of carbonyl (C=O) groups is 1. The van der Waals surface area contributed by atoms with E-state index in [4.69, 9.17) is 66.8 Å². The highest BCUT2D eigenvalue weighted by atomic mass is 35.5. The molecule has 0 aliphatic carbocycles. The molecule has 16 heteroatoms. The van der Waals surface area contributed by atoms with E-state index < -0.39 is 84.8 Å². The van der Waals surface area contributed by atoms with E-state index in [2.05, 4.69) is 0 Å². The molecule has 4 fully saturated rings. The zero-order chi connectivity index (χ0) is 31.6. The lowest BCUT2D eigenvalue weighted by Gasteiger charge is -2.45. The summed E-state index contributed by atoms with van der Waals surface area (Å²) in [6, 6.07) is 0. The first-order chi connectivity index (χ1) is 20.1. The van der Waals surface area contributed by atoms with Crippen molar-refractivity contribution in [1.82, 2.24) is 0 Å². The lowest BCUT2D eigenvalue weighted by molar-refractivity contribution is -0.412. The molecule has 242 valence electrons. The van der Waals surface area contributed by atoms with Gasteiger partial charge in [0.05, 0.1) is 49.1 Å². The minimum Gasteiger partial charge on any atom is -0.505 e. The number of phenolic OH excluding ortho intramolecular Hbond substituents is 1. The number of hydrogen-bond acceptors (Lipinski definition) is 14. The number of carbonyl (C=O) groups excluding carboxylic acids is 1. The SMILES string of the molecule is COc1c(Cl)c(O)c(Cl)c(C)c1C(=O)O[C@H]1[C@H](O)C[C@H](O[C@H]2[C@H](O)C[C@]3(O[C@@H]4[C@@H](C)O[C@@H](O)C[C@@]4(N)O3)O[C@@H]2C)O[C@@H]1C. The van der Waals surface area contributed by atoms with Crippen molar-refractivity contribution in [2.24, 2.45) is 5.73 Å². The third-order valence-electron chi connectivity index (χ3n) is 8.24. The third-order valence-corrected chi connectivity index (χ3v) is 9.05. The van der Waals surface area contributed by atoms with Crippen LogP contribution in [0.25, 0.3) is 0 Å². The fourth-order valence-corrected chi connectivity index (χ4v) is 6.73. The van der Waals surface area contributed by atoms with Gasteiger partial charge >= 0.3 is 5.97 Å². The summed E-state index contributed by atoms with van der Waals surface area (Å²) in [4.78, 5) is 13.2. The Morgan fingerprint density at radius 2 is 1.67 bits per heavy atom. The molecule has 12 atom stereocenters. The van der Waals surface area contributed by atoms with Crippen LogP contribution >= 0.6 is 23.2 Å². The van der Waals surface area contributed by atoms with E-state index >= 15 is 0 Å². The first-order valence-corrected chi connectivity index (χ1v) is 14.7. The van der Waals surface area contributed by atoms with E-state index in [1.165, 1.54) is 14.0 Å². The fourth-order valence-electron chi connectivity index (χ4n) is 6.23. The molecule has 0 aromatic heterocycles. The Balaban J connectivity index is 1.22. The molecule has 1 aromatic carbocycles. The second-order valence-electron chi connectivity index (χ2n) is 11.4. The van der Waals surface area contributed by atoms with Crippen molar-refractivity contribution >= 4 is 29.2 Å². The highest BCUT2D eigenvalue weighted by Gasteiger charge is 2.64. The van der Waals surface area contributed by atoms with Gasteiger partial charge in [0.15, 0.2) is 35.9 Å². The number of fused-ring (bicyclic) bond motifs is 1. The van der Waals surface area contributed by atoms with Crippen molar-refractivity contribution < 1.29 is 63.1 Å². The fraction of sp³-hybridized carbons (Fsp3) is 0.741. The van der Waals surface area contributed by atoms with Gasteiger partial charge in [-0.2, -0.15) is 0 Å². The van der Waals surface area contributed by atoms with E-state index in [1.807, 2.05) is 0 Å². The Labute approximate surface area is 257 Å². The molecular weight excluding hydrogens is 617 g/mol. The maximum Gasteiger partial charge on any atom is 0.342 e. The lowest BCUT2D eigenvalue weighted by atomic mass is 9.96. The average molecular weight is 654 g/mol. The van der Waals surface area contributed by atoms with Gasteiger partial charge in [0.2, 0.25) is 0 Å². The molecule has 0 saturated carbocycles. The third kappa shape index (κ3) is 5.93. The topological polar surface area (TPSA) is 198 Å². The summed E-state index contributed by atoms with van der Waals surface area (Å²) in [6.07, 6.45) is -9.80. The van der Waals surface area contributed by atoms with Crippen LogP contribution < -0.4 is 10.5 Å². The van der Waals surface area contributed by atoms with Crippen molar-refractivity contribution in [3.05, 3.63) is 21.2 Å². The molecule has 0 unspecified atom stereocenters. The van der Waals surface area contributed by atoms with E-state index in [9.17, 15) is 25.2 Å². The van der Waals surface area contributed by atoms with Crippen molar-refractivity contribution in [3.63, 3.8) is 0 Å². The number of aliphatic hydroxyl groups excluding tert-OH is 3. The molecule has 1 aromatic rings. The van der Waals surface area contributed by atoms with Crippen molar-refractivity contribution in [2.75, 3.05) is 7.11 Å². The smallest absolute Gasteiger partial charge is 0.342 e. The molecule has 14 nitrogen and oxygen atoms in total. The van der Waals surface area contributed by atoms with Crippen LogP contribution in [0.4, 0.5) is 0 Å². The summed E-state index contributed by atoms with van der Waals surface area (Å²) in [6.45, 7) is 6.42. The van der Waals surface area contributed by atoms with Crippen molar-refractivity contribution in [1.29, 1.82) is 0 Å². The van der Waals surface area contributed by atoms with Crippen LogP contribution in [0.3, 0.4) is 0 Å². The number of aromatic hydroxyl groups is 1. The zero-order valence-corrected chi connectivity index (χ0v) is 25.7. The Hall–Kier alpha value is -1.53.